The van der Waals surface area contributed by atoms with Crippen LogP contribution in [0.4, 0.5) is 0 Å². The van der Waals surface area contributed by atoms with Gasteiger partial charge in [-0.15, -0.1) is 11.3 Å². The van der Waals surface area contributed by atoms with Crippen LogP contribution < -0.4 is 0 Å². The number of hydrogen-bond acceptors (Lipinski definition) is 1. The minimum atomic E-state index is -0.000104. The smallest absolute Gasteiger partial charge is 0.0640 e. The summed E-state index contributed by atoms with van der Waals surface area (Å²) < 4.78 is 5.17. The molecule has 0 amide bonds. The highest BCUT2D eigenvalue weighted by atomic mass is 32.1. The van der Waals surface area contributed by atoms with Crippen LogP contribution in [0.5, 0.6) is 0 Å². The first kappa shape index (κ1) is 21.5. The van der Waals surface area contributed by atoms with Gasteiger partial charge in [0.25, 0.3) is 0 Å². The Kier molecular flexibility index (Phi) is 4.07. The second-order valence-electron chi connectivity index (χ2n) is 11.3. The second kappa shape index (κ2) is 7.37. The summed E-state index contributed by atoms with van der Waals surface area (Å²) in [5.74, 6) is 0. The lowest BCUT2D eigenvalue weighted by Crippen LogP contribution is -2.14. The van der Waals surface area contributed by atoms with Gasteiger partial charge in [0.2, 0.25) is 0 Å². The molecule has 0 N–H and O–H groups in total. The molecule has 184 valence electrons. The molecule has 1 nitrogen and oxygen atoms in total. The molecule has 0 spiro atoms. The molecule has 39 heavy (non-hydrogen) atoms. The molecule has 0 atom stereocenters. The van der Waals surface area contributed by atoms with E-state index in [4.69, 9.17) is 0 Å². The summed E-state index contributed by atoms with van der Waals surface area (Å²) >= 11 is 1.89. The molecule has 0 fully saturated rings. The molecule has 1 aliphatic carbocycles. The second-order valence-corrected chi connectivity index (χ2v) is 12.4. The monoisotopic (exact) mass is 515 g/mol. The fourth-order valence-electron chi connectivity index (χ4n) is 7.24. The van der Waals surface area contributed by atoms with Crippen LogP contribution in [0.15, 0.2) is 115 Å². The third-order valence-corrected chi connectivity index (χ3v) is 10.2. The number of rotatable bonds is 1. The average molecular weight is 516 g/mol. The van der Waals surface area contributed by atoms with Gasteiger partial charge in [0, 0.05) is 31.7 Å². The van der Waals surface area contributed by atoms with Crippen LogP contribution in [-0.4, -0.2) is 4.57 Å². The Morgan fingerprint density at radius 2 is 1.28 bits per heavy atom. The summed E-state index contributed by atoms with van der Waals surface area (Å²) in [6.07, 6.45) is 0. The van der Waals surface area contributed by atoms with Crippen LogP contribution in [0.3, 0.4) is 0 Å². The van der Waals surface area contributed by atoms with Crippen molar-refractivity contribution >= 4 is 64.1 Å². The van der Waals surface area contributed by atoms with E-state index < -0.39 is 0 Å². The Morgan fingerprint density at radius 3 is 2.21 bits per heavy atom. The molecule has 2 heteroatoms. The van der Waals surface area contributed by atoms with Gasteiger partial charge in [-0.3, -0.25) is 0 Å². The lowest BCUT2D eigenvalue weighted by Gasteiger charge is -2.21. The number of hydrogen-bond donors (Lipinski definition) is 0. The van der Waals surface area contributed by atoms with Crippen molar-refractivity contribution in [3.8, 4) is 16.8 Å². The zero-order valence-electron chi connectivity index (χ0n) is 21.8. The number of fused-ring (bicyclic) bond motifs is 12. The molecule has 0 unspecified atom stereocenters. The summed E-state index contributed by atoms with van der Waals surface area (Å²) in [4.78, 5) is 0. The van der Waals surface area contributed by atoms with E-state index >= 15 is 0 Å². The third-order valence-electron chi connectivity index (χ3n) is 9.00. The van der Waals surface area contributed by atoms with Crippen LogP contribution in [0.1, 0.15) is 25.0 Å². The number of nitrogens with zero attached hydrogens (tertiary/aromatic N) is 1. The molecule has 1 aliphatic rings. The van der Waals surface area contributed by atoms with Gasteiger partial charge in [-0.1, -0.05) is 105 Å². The van der Waals surface area contributed by atoms with Crippen LogP contribution in [0.2, 0.25) is 0 Å². The summed E-state index contributed by atoms with van der Waals surface area (Å²) in [6.45, 7) is 4.72. The highest BCUT2D eigenvalue weighted by Gasteiger charge is 2.36. The predicted molar refractivity (Wildman–Crippen MR) is 169 cm³/mol. The fraction of sp³-hybridized carbons (Fsp3) is 0.0811. The van der Waals surface area contributed by atoms with E-state index in [1.54, 1.807) is 0 Å². The Hall–Kier alpha value is -4.40. The molecule has 9 rings (SSSR count). The van der Waals surface area contributed by atoms with Crippen LogP contribution in [0, 0.1) is 0 Å². The molecule has 0 saturated heterocycles. The quantitative estimate of drug-likeness (QED) is 0.205. The summed E-state index contributed by atoms with van der Waals surface area (Å²) in [5, 5.41) is 7.99. The van der Waals surface area contributed by atoms with Crippen molar-refractivity contribution in [2.75, 3.05) is 0 Å². The van der Waals surface area contributed by atoms with Crippen molar-refractivity contribution < 1.29 is 0 Å². The highest BCUT2D eigenvalue weighted by molar-refractivity contribution is 7.26. The van der Waals surface area contributed by atoms with Crippen molar-refractivity contribution in [2.24, 2.45) is 0 Å². The maximum atomic E-state index is 2.49. The molecule has 0 bridgehead atoms. The van der Waals surface area contributed by atoms with Gasteiger partial charge >= 0.3 is 0 Å². The van der Waals surface area contributed by atoms with Crippen LogP contribution in [-0.2, 0) is 5.41 Å². The van der Waals surface area contributed by atoms with E-state index in [-0.39, 0.29) is 5.41 Å². The number of para-hydroxylation sites is 1. The zero-order valence-corrected chi connectivity index (χ0v) is 22.6. The molecule has 8 aromatic rings. The highest BCUT2D eigenvalue weighted by Crippen LogP contribution is 2.52. The Balaban J connectivity index is 1.44. The molecular weight excluding hydrogens is 490 g/mol. The minimum absolute atomic E-state index is 0.000104. The molecule has 0 saturated carbocycles. The van der Waals surface area contributed by atoms with Crippen LogP contribution in [0.25, 0.3) is 69.6 Å². The van der Waals surface area contributed by atoms with E-state index in [1.807, 2.05) is 11.3 Å². The van der Waals surface area contributed by atoms with E-state index in [2.05, 4.69) is 134 Å². The Labute approximate surface area is 230 Å². The van der Waals surface area contributed by atoms with E-state index in [0.29, 0.717) is 0 Å². The average Bonchev–Trinajstić information content (AvgIpc) is 3.59. The zero-order chi connectivity index (χ0) is 25.9. The molecule has 0 radical (unpaired) electrons. The fourth-order valence-corrected chi connectivity index (χ4v) is 8.45. The van der Waals surface area contributed by atoms with Gasteiger partial charge in [-0.25, -0.2) is 0 Å². The minimum Gasteiger partial charge on any atom is -0.308 e. The largest absolute Gasteiger partial charge is 0.308 e. The first-order chi connectivity index (χ1) is 19.1. The van der Waals surface area contributed by atoms with Gasteiger partial charge in [-0.2, -0.15) is 0 Å². The van der Waals surface area contributed by atoms with Crippen LogP contribution >= 0.6 is 11.3 Å². The first-order valence-electron chi connectivity index (χ1n) is 13.6. The van der Waals surface area contributed by atoms with Crippen molar-refractivity contribution in [3.05, 3.63) is 126 Å². The predicted octanol–water partition coefficient (Wildman–Crippen LogP) is 10.6. The Morgan fingerprint density at radius 1 is 0.538 bits per heavy atom. The summed E-state index contributed by atoms with van der Waals surface area (Å²) in [7, 11) is 0. The third kappa shape index (κ3) is 2.65. The molecule has 0 aliphatic heterocycles. The Bertz CT molecular complexity index is 2310. The van der Waals surface area contributed by atoms with E-state index in [0.717, 1.165) is 0 Å². The lowest BCUT2D eigenvalue weighted by atomic mass is 9.82. The van der Waals surface area contributed by atoms with Crippen molar-refractivity contribution in [2.45, 2.75) is 19.3 Å². The maximum absolute atomic E-state index is 2.49. The molecule has 6 aromatic carbocycles. The van der Waals surface area contributed by atoms with Gasteiger partial charge < -0.3 is 4.57 Å². The number of thiophene rings is 1. The topological polar surface area (TPSA) is 4.93 Å². The molecular formula is C37H25NS. The summed E-state index contributed by atoms with van der Waals surface area (Å²) in [6, 6.07) is 42.9. The van der Waals surface area contributed by atoms with Crippen molar-refractivity contribution in [1.82, 2.24) is 4.57 Å². The maximum Gasteiger partial charge on any atom is 0.0640 e. The molecule has 2 aromatic heterocycles. The first-order valence-corrected chi connectivity index (χ1v) is 14.4. The SMILES string of the molecule is CC1(C)c2ccccc2-c2c1ccc1c2ccc2c1c1ccccc1n2-c1cccc2c1sc1ccccc12. The van der Waals surface area contributed by atoms with E-state index in [1.165, 1.54) is 80.7 Å². The normalized spacial score (nSPS) is 14.1. The van der Waals surface area contributed by atoms with Gasteiger partial charge in [0.1, 0.15) is 0 Å². The number of benzene rings is 6. The van der Waals surface area contributed by atoms with Gasteiger partial charge in [0.15, 0.2) is 0 Å². The molecule has 2 heterocycles. The van der Waals surface area contributed by atoms with Gasteiger partial charge in [0.05, 0.1) is 21.4 Å². The van der Waals surface area contributed by atoms with Gasteiger partial charge in [-0.05, 0) is 57.3 Å². The lowest BCUT2D eigenvalue weighted by molar-refractivity contribution is 0.661. The summed E-state index contributed by atoms with van der Waals surface area (Å²) in [5.41, 5.74) is 9.40. The van der Waals surface area contributed by atoms with Crippen molar-refractivity contribution in [3.63, 3.8) is 0 Å². The standard InChI is InChI=1S/C37H25NS/c1-37(2)28-14-6-3-11-26(28)34-23-19-21-31-35(24(23)18-20-29(34)37)27-12-4-7-15-30(27)38(31)32-16-9-13-25-22-10-5-8-17-33(22)39-36(25)32/h3-21H,1-2H3. The number of aromatic nitrogens is 1. The van der Waals surface area contributed by atoms with Crippen molar-refractivity contribution in [1.29, 1.82) is 0 Å². The van der Waals surface area contributed by atoms with E-state index in [9.17, 15) is 0 Å².